The van der Waals surface area contributed by atoms with Gasteiger partial charge in [0.25, 0.3) is 0 Å². The van der Waals surface area contributed by atoms with E-state index in [1.54, 1.807) is 0 Å². The number of oxime groups is 1. The molecule has 1 aliphatic carbocycles. The van der Waals surface area contributed by atoms with E-state index < -0.39 is 0 Å². The van der Waals surface area contributed by atoms with Gasteiger partial charge in [0, 0.05) is 22.7 Å². The summed E-state index contributed by atoms with van der Waals surface area (Å²) in [4.78, 5) is 2.48. The summed E-state index contributed by atoms with van der Waals surface area (Å²) in [6.45, 7) is 1.06. The molecular formula is C16H22BrN3O. The van der Waals surface area contributed by atoms with Crippen molar-refractivity contribution in [2.24, 2.45) is 16.8 Å². The number of hydrogen-bond acceptors (Lipinski definition) is 3. The van der Waals surface area contributed by atoms with Crippen LogP contribution in [-0.2, 0) is 0 Å². The minimum Gasteiger partial charge on any atom is -0.409 e. The lowest BCUT2D eigenvalue weighted by atomic mass is 9.95. The highest BCUT2D eigenvalue weighted by atomic mass is 79.9. The maximum absolute atomic E-state index is 9.08. The zero-order valence-corrected chi connectivity index (χ0v) is 13.7. The maximum atomic E-state index is 9.08. The van der Waals surface area contributed by atoms with Crippen molar-refractivity contribution in [1.29, 1.82) is 0 Å². The smallest absolute Gasteiger partial charge is 0.173 e. The number of anilines is 1. The van der Waals surface area contributed by atoms with Crippen molar-refractivity contribution in [2.45, 2.75) is 44.6 Å². The molecule has 4 nitrogen and oxygen atoms in total. The number of halogens is 1. The molecule has 1 unspecified atom stereocenters. The Morgan fingerprint density at radius 3 is 2.71 bits per heavy atom. The van der Waals surface area contributed by atoms with Gasteiger partial charge in [0.05, 0.1) is 5.56 Å². The highest BCUT2D eigenvalue weighted by Gasteiger charge is 2.34. The summed E-state index contributed by atoms with van der Waals surface area (Å²) in [5, 5.41) is 12.3. The minimum absolute atomic E-state index is 0.176. The van der Waals surface area contributed by atoms with Crippen molar-refractivity contribution in [3.63, 3.8) is 0 Å². The first-order valence-electron chi connectivity index (χ1n) is 7.75. The minimum atomic E-state index is 0.176. The topological polar surface area (TPSA) is 61.9 Å². The Balaban J connectivity index is 1.97. The standard InChI is InChI=1S/C16H22BrN3O/c17-12-7-3-8-14(15(12)16(18)19-21)20-10-4-9-13(20)11-5-1-2-6-11/h3,7-8,11,13,21H,1-2,4-6,9-10H2,(H2,18,19). The van der Waals surface area contributed by atoms with E-state index >= 15 is 0 Å². The molecule has 0 radical (unpaired) electrons. The van der Waals surface area contributed by atoms with Gasteiger partial charge >= 0.3 is 0 Å². The van der Waals surface area contributed by atoms with Gasteiger partial charge in [-0.15, -0.1) is 0 Å². The fourth-order valence-corrected chi connectivity index (χ4v) is 4.54. The fourth-order valence-electron chi connectivity index (χ4n) is 3.98. The molecule has 3 N–H and O–H groups in total. The lowest BCUT2D eigenvalue weighted by Crippen LogP contribution is -2.36. The van der Waals surface area contributed by atoms with Gasteiger partial charge in [-0.25, -0.2) is 0 Å². The van der Waals surface area contributed by atoms with Crippen LogP contribution < -0.4 is 10.6 Å². The Hall–Kier alpha value is -1.23. The largest absolute Gasteiger partial charge is 0.409 e. The summed E-state index contributed by atoms with van der Waals surface area (Å²) >= 11 is 3.54. The Kier molecular flexibility index (Phi) is 4.38. The van der Waals surface area contributed by atoms with Crippen LogP contribution in [0.15, 0.2) is 27.8 Å². The lowest BCUT2D eigenvalue weighted by molar-refractivity contribution is 0.318. The first-order valence-corrected chi connectivity index (χ1v) is 8.54. The molecule has 0 bridgehead atoms. The van der Waals surface area contributed by atoms with Gasteiger partial charge < -0.3 is 15.8 Å². The Labute approximate surface area is 134 Å². The van der Waals surface area contributed by atoms with Crippen molar-refractivity contribution in [1.82, 2.24) is 0 Å². The van der Waals surface area contributed by atoms with E-state index in [2.05, 4.69) is 32.1 Å². The summed E-state index contributed by atoms with van der Waals surface area (Å²) in [6.07, 6.45) is 7.89. The van der Waals surface area contributed by atoms with E-state index in [4.69, 9.17) is 10.9 Å². The second kappa shape index (κ2) is 6.26. The number of nitrogens with zero attached hydrogens (tertiary/aromatic N) is 2. The van der Waals surface area contributed by atoms with Crippen LogP contribution >= 0.6 is 15.9 Å². The Morgan fingerprint density at radius 1 is 1.24 bits per heavy atom. The van der Waals surface area contributed by atoms with E-state index in [9.17, 15) is 0 Å². The molecule has 5 heteroatoms. The van der Waals surface area contributed by atoms with Crippen LogP contribution in [-0.4, -0.2) is 23.6 Å². The van der Waals surface area contributed by atoms with Crippen LogP contribution in [0.4, 0.5) is 5.69 Å². The second-order valence-electron chi connectivity index (χ2n) is 6.07. The molecule has 2 fully saturated rings. The molecule has 21 heavy (non-hydrogen) atoms. The molecule has 3 rings (SSSR count). The van der Waals surface area contributed by atoms with E-state index in [1.807, 2.05) is 12.1 Å². The van der Waals surface area contributed by atoms with Gasteiger partial charge in [0.15, 0.2) is 5.84 Å². The van der Waals surface area contributed by atoms with Gasteiger partial charge in [-0.1, -0.05) is 24.1 Å². The number of amidine groups is 1. The zero-order valence-electron chi connectivity index (χ0n) is 12.1. The molecule has 1 aliphatic heterocycles. The number of nitrogens with two attached hydrogens (primary N) is 1. The van der Waals surface area contributed by atoms with Crippen LogP contribution in [0.25, 0.3) is 0 Å². The predicted octanol–water partition coefficient (Wildman–Crippen LogP) is 3.70. The quantitative estimate of drug-likeness (QED) is 0.377. The summed E-state index contributed by atoms with van der Waals surface area (Å²) in [7, 11) is 0. The van der Waals surface area contributed by atoms with Crippen LogP contribution in [0, 0.1) is 5.92 Å². The monoisotopic (exact) mass is 351 g/mol. The molecule has 0 spiro atoms. The van der Waals surface area contributed by atoms with E-state index in [0.717, 1.165) is 28.2 Å². The normalized spacial score (nSPS) is 24.0. The van der Waals surface area contributed by atoms with Gasteiger partial charge in [0.2, 0.25) is 0 Å². The molecule has 1 heterocycles. The SMILES string of the molecule is N/C(=N/O)c1c(Br)cccc1N1CCCC1C1CCCC1. The average molecular weight is 352 g/mol. The van der Waals surface area contributed by atoms with Crippen molar-refractivity contribution in [2.75, 3.05) is 11.4 Å². The summed E-state index contributed by atoms with van der Waals surface area (Å²) in [5.41, 5.74) is 7.81. The molecular weight excluding hydrogens is 330 g/mol. The van der Waals surface area contributed by atoms with Crippen molar-refractivity contribution in [3.8, 4) is 0 Å². The molecule has 2 aliphatic rings. The third-order valence-electron chi connectivity index (χ3n) is 4.91. The van der Waals surface area contributed by atoms with Crippen LogP contribution in [0.3, 0.4) is 0 Å². The highest BCUT2D eigenvalue weighted by molar-refractivity contribution is 9.10. The molecule has 114 valence electrons. The Bertz CT molecular complexity index is 540. The predicted molar refractivity (Wildman–Crippen MR) is 89.0 cm³/mol. The van der Waals surface area contributed by atoms with Gasteiger partial charge in [-0.2, -0.15) is 0 Å². The van der Waals surface area contributed by atoms with Crippen LogP contribution in [0.5, 0.6) is 0 Å². The van der Waals surface area contributed by atoms with Gasteiger partial charge in [-0.05, 0) is 59.7 Å². The first kappa shape index (κ1) is 14.7. The first-order chi connectivity index (χ1) is 10.2. The second-order valence-corrected chi connectivity index (χ2v) is 6.92. The molecule has 1 aromatic rings. The van der Waals surface area contributed by atoms with Crippen LogP contribution in [0.1, 0.15) is 44.1 Å². The molecule has 0 aromatic heterocycles. The number of benzene rings is 1. The Morgan fingerprint density at radius 2 is 2.00 bits per heavy atom. The molecule has 1 atom stereocenters. The van der Waals surface area contributed by atoms with Gasteiger partial charge in [0.1, 0.15) is 0 Å². The van der Waals surface area contributed by atoms with Crippen molar-refractivity contribution in [3.05, 3.63) is 28.2 Å². The zero-order chi connectivity index (χ0) is 14.8. The van der Waals surface area contributed by atoms with E-state index in [0.29, 0.717) is 6.04 Å². The van der Waals surface area contributed by atoms with Crippen molar-refractivity contribution >= 4 is 27.5 Å². The summed E-state index contributed by atoms with van der Waals surface area (Å²) < 4.78 is 0.882. The molecule has 1 saturated carbocycles. The number of rotatable bonds is 3. The lowest BCUT2D eigenvalue weighted by Gasteiger charge is -2.33. The van der Waals surface area contributed by atoms with E-state index in [1.165, 1.54) is 38.5 Å². The molecule has 1 saturated heterocycles. The molecule has 0 amide bonds. The third-order valence-corrected chi connectivity index (χ3v) is 5.57. The van der Waals surface area contributed by atoms with E-state index in [-0.39, 0.29) is 5.84 Å². The van der Waals surface area contributed by atoms with Crippen molar-refractivity contribution < 1.29 is 5.21 Å². The van der Waals surface area contributed by atoms with Crippen LogP contribution in [0.2, 0.25) is 0 Å². The van der Waals surface area contributed by atoms with Gasteiger partial charge in [-0.3, -0.25) is 0 Å². The highest BCUT2D eigenvalue weighted by Crippen LogP contribution is 2.39. The number of hydrogen-bond donors (Lipinski definition) is 2. The summed E-state index contributed by atoms with van der Waals surface area (Å²) in [6, 6.07) is 6.66. The third kappa shape index (κ3) is 2.76. The molecule has 1 aromatic carbocycles. The maximum Gasteiger partial charge on any atom is 0.173 e. The average Bonchev–Trinajstić information content (AvgIpc) is 3.16. The summed E-state index contributed by atoms with van der Waals surface area (Å²) in [5.74, 6) is 0.973. The fraction of sp³-hybridized carbons (Fsp3) is 0.562.